The lowest BCUT2D eigenvalue weighted by Crippen LogP contribution is -2.36. The summed E-state index contributed by atoms with van der Waals surface area (Å²) in [7, 11) is 1.74. The molecule has 1 heterocycles. The fraction of sp³-hybridized carbons (Fsp3) is 0.150. The molecule has 0 aromatic heterocycles. The first-order valence-electron chi connectivity index (χ1n) is 8.02. The molecule has 0 spiro atoms. The first kappa shape index (κ1) is 16.9. The Labute approximate surface area is 153 Å². The molecular formula is C20H14ClF3N2. The molecule has 6 heteroatoms. The highest BCUT2D eigenvalue weighted by molar-refractivity contribution is 6.30. The Morgan fingerprint density at radius 1 is 0.962 bits per heavy atom. The Morgan fingerprint density at radius 2 is 1.65 bits per heavy atom. The molecular weight excluding hydrogens is 361 g/mol. The fourth-order valence-corrected chi connectivity index (χ4v) is 3.49. The summed E-state index contributed by atoms with van der Waals surface area (Å²) in [6.45, 7) is 0. The predicted octanol–water partition coefficient (Wildman–Crippen LogP) is 5.99. The lowest BCUT2D eigenvalue weighted by atomic mass is 9.95. The molecule has 4 rings (SSSR count). The van der Waals surface area contributed by atoms with Crippen molar-refractivity contribution in [3.05, 3.63) is 76.8 Å². The zero-order chi connectivity index (χ0) is 18.5. The van der Waals surface area contributed by atoms with Gasteiger partial charge in [0.25, 0.3) is 0 Å². The van der Waals surface area contributed by atoms with E-state index in [1.165, 1.54) is 6.07 Å². The predicted molar refractivity (Wildman–Crippen MR) is 99.1 cm³/mol. The van der Waals surface area contributed by atoms with Gasteiger partial charge in [-0.25, -0.2) is 4.99 Å². The Balaban J connectivity index is 1.98. The highest BCUT2D eigenvalue weighted by Gasteiger charge is 2.45. The molecule has 0 saturated carbocycles. The van der Waals surface area contributed by atoms with E-state index >= 15 is 0 Å². The lowest BCUT2D eigenvalue weighted by Gasteiger charge is -2.34. The minimum atomic E-state index is -4.48. The van der Waals surface area contributed by atoms with E-state index in [0.717, 1.165) is 10.8 Å². The standard InChI is InChI=1S/C20H14ClF3N2/c1-26-17-15-5-3-2-4-12(15)8-11-16(17)18(20(22,23)24)25-19(26)13-6-9-14(21)10-7-13/h2-11,18H,1H3. The molecule has 0 N–H and O–H groups in total. The second-order valence-electron chi connectivity index (χ2n) is 6.19. The van der Waals surface area contributed by atoms with Crippen LogP contribution in [0.5, 0.6) is 0 Å². The molecule has 1 atom stereocenters. The number of halogens is 4. The van der Waals surface area contributed by atoms with Crippen molar-refractivity contribution < 1.29 is 13.2 Å². The molecule has 26 heavy (non-hydrogen) atoms. The maximum Gasteiger partial charge on any atom is 0.415 e. The van der Waals surface area contributed by atoms with Crippen molar-refractivity contribution in [2.24, 2.45) is 4.99 Å². The van der Waals surface area contributed by atoms with Crippen LogP contribution in [0.4, 0.5) is 18.9 Å². The van der Waals surface area contributed by atoms with Crippen LogP contribution in [0.15, 0.2) is 65.7 Å². The molecule has 2 nitrogen and oxygen atoms in total. The van der Waals surface area contributed by atoms with Gasteiger partial charge in [0.05, 0.1) is 5.69 Å². The van der Waals surface area contributed by atoms with Gasteiger partial charge in [0, 0.05) is 28.6 Å². The van der Waals surface area contributed by atoms with Crippen molar-refractivity contribution in [1.29, 1.82) is 0 Å². The number of hydrogen-bond acceptors (Lipinski definition) is 2. The van der Waals surface area contributed by atoms with E-state index in [4.69, 9.17) is 11.6 Å². The maximum absolute atomic E-state index is 13.8. The van der Waals surface area contributed by atoms with Crippen LogP contribution in [0.25, 0.3) is 10.8 Å². The van der Waals surface area contributed by atoms with Crippen LogP contribution < -0.4 is 4.90 Å². The summed E-state index contributed by atoms with van der Waals surface area (Å²) < 4.78 is 41.3. The van der Waals surface area contributed by atoms with Crippen LogP contribution in [0.3, 0.4) is 0 Å². The third kappa shape index (κ3) is 2.72. The van der Waals surface area contributed by atoms with E-state index in [9.17, 15) is 13.2 Å². The number of amidine groups is 1. The number of aliphatic imine (C=N–C) groups is 1. The Bertz CT molecular complexity index is 1010. The number of alkyl halides is 3. The molecule has 132 valence electrons. The third-order valence-electron chi connectivity index (χ3n) is 4.54. The second kappa shape index (κ2) is 6.02. The average Bonchev–Trinajstić information content (AvgIpc) is 2.61. The molecule has 1 unspecified atom stereocenters. The van der Waals surface area contributed by atoms with E-state index in [1.807, 2.05) is 24.3 Å². The van der Waals surface area contributed by atoms with Crippen LogP contribution in [-0.2, 0) is 0 Å². The number of benzene rings is 3. The molecule has 3 aromatic carbocycles. The van der Waals surface area contributed by atoms with Gasteiger partial charge in [-0.2, -0.15) is 13.2 Å². The van der Waals surface area contributed by atoms with Crippen molar-refractivity contribution in [3.63, 3.8) is 0 Å². The first-order valence-corrected chi connectivity index (χ1v) is 8.40. The molecule has 0 saturated heterocycles. The summed E-state index contributed by atoms with van der Waals surface area (Å²) in [6, 6.07) is 15.4. The van der Waals surface area contributed by atoms with Gasteiger partial charge in [-0.1, -0.05) is 48.0 Å². The van der Waals surface area contributed by atoms with E-state index in [-0.39, 0.29) is 11.4 Å². The number of hydrogen-bond donors (Lipinski definition) is 0. The fourth-order valence-electron chi connectivity index (χ4n) is 3.37. The minimum Gasteiger partial charge on any atom is -0.328 e. The number of anilines is 1. The van der Waals surface area contributed by atoms with Crippen molar-refractivity contribution in [2.75, 3.05) is 11.9 Å². The topological polar surface area (TPSA) is 15.6 Å². The number of nitrogens with zero attached hydrogens (tertiary/aromatic N) is 2. The third-order valence-corrected chi connectivity index (χ3v) is 4.80. The second-order valence-corrected chi connectivity index (χ2v) is 6.62. The van der Waals surface area contributed by atoms with Gasteiger partial charge in [-0.15, -0.1) is 0 Å². The van der Waals surface area contributed by atoms with Crippen molar-refractivity contribution in [3.8, 4) is 0 Å². The van der Waals surface area contributed by atoms with Crippen LogP contribution in [0.2, 0.25) is 5.02 Å². The number of rotatable bonds is 1. The summed E-state index contributed by atoms with van der Waals surface area (Å²) >= 11 is 5.91. The van der Waals surface area contributed by atoms with Gasteiger partial charge in [0.1, 0.15) is 5.84 Å². The zero-order valence-corrected chi connectivity index (χ0v) is 14.5. The molecule has 0 fully saturated rings. The van der Waals surface area contributed by atoms with Gasteiger partial charge in [0.15, 0.2) is 6.04 Å². The SMILES string of the molecule is CN1C(c2ccc(Cl)cc2)=NC(C(F)(F)F)c2ccc3ccccc3c21. The van der Waals surface area contributed by atoms with Gasteiger partial charge < -0.3 is 4.90 Å². The molecule has 1 aliphatic rings. The van der Waals surface area contributed by atoms with Gasteiger partial charge in [0.2, 0.25) is 0 Å². The quantitative estimate of drug-likeness (QED) is 0.510. The molecule has 1 aliphatic heterocycles. The molecule has 0 aliphatic carbocycles. The van der Waals surface area contributed by atoms with Crippen molar-refractivity contribution in [1.82, 2.24) is 0 Å². The summed E-state index contributed by atoms with van der Waals surface area (Å²) in [6.07, 6.45) is -4.48. The van der Waals surface area contributed by atoms with Gasteiger partial charge in [-0.3, -0.25) is 0 Å². The molecule has 3 aromatic rings. The number of fused-ring (bicyclic) bond motifs is 3. The molecule has 0 amide bonds. The largest absolute Gasteiger partial charge is 0.415 e. The average molecular weight is 375 g/mol. The van der Waals surface area contributed by atoms with Gasteiger partial charge >= 0.3 is 6.18 Å². The van der Waals surface area contributed by atoms with Crippen LogP contribution in [-0.4, -0.2) is 19.1 Å². The maximum atomic E-state index is 13.8. The smallest absolute Gasteiger partial charge is 0.328 e. The van der Waals surface area contributed by atoms with E-state index < -0.39 is 12.2 Å². The zero-order valence-electron chi connectivity index (χ0n) is 13.8. The van der Waals surface area contributed by atoms with Crippen LogP contribution in [0, 0.1) is 0 Å². The highest BCUT2D eigenvalue weighted by Crippen LogP contribution is 2.46. The Kier molecular flexibility index (Phi) is 3.92. The van der Waals surface area contributed by atoms with Crippen LogP contribution in [0.1, 0.15) is 17.2 Å². The highest BCUT2D eigenvalue weighted by atomic mass is 35.5. The van der Waals surface area contributed by atoms with Crippen molar-refractivity contribution in [2.45, 2.75) is 12.2 Å². The van der Waals surface area contributed by atoms with E-state index in [0.29, 0.717) is 16.3 Å². The van der Waals surface area contributed by atoms with E-state index in [1.54, 1.807) is 42.3 Å². The van der Waals surface area contributed by atoms with Gasteiger partial charge in [-0.05, 0) is 29.7 Å². The Morgan fingerprint density at radius 3 is 2.35 bits per heavy atom. The minimum absolute atomic E-state index is 0.163. The monoisotopic (exact) mass is 374 g/mol. The summed E-state index contributed by atoms with van der Waals surface area (Å²) in [5.74, 6) is 0.271. The van der Waals surface area contributed by atoms with Crippen LogP contribution >= 0.6 is 11.6 Å². The molecule has 0 radical (unpaired) electrons. The summed E-state index contributed by atoms with van der Waals surface area (Å²) in [5, 5.41) is 2.17. The lowest BCUT2D eigenvalue weighted by molar-refractivity contribution is -0.148. The summed E-state index contributed by atoms with van der Waals surface area (Å²) in [5.41, 5.74) is 1.28. The van der Waals surface area contributed by atoms with Crippen molar-refractivity contribution >= 4 is 33.9 Å². The molecule has 0 bridgehead atoms. The normalized spacial score (nSPS) is 17.2. The summed E-state index contributed by atoms with van der Waals surface area (Å²) in [4.78, 5) is 5.78. The van der Waals surface area contributed by atoms with E-state index in [2.05, 4.69) is 4.99 Å². The Hall–Kier alpha value is -2.53. The first-order chi connectivity index (χ1) is 12.4.